The van der Waals surface area contributed by atoms with Gasteiger partial charge in [-0.05, 0) is 0 Å². The van der Waals surface area contributed by atoms with Crippen molar-refractivity contribution < 1.29 is 4.52 Å². The Morgan fingerprint density at radius 3 is 3.00 bits per heavy atom. The molecule has 1 aromatic heterocycles. The molecule has 1 fully saturated rings. The number of nitrogens with zero attached hydrogens (tertiary/aromatic N) is 4. The third-order valence-corrected chi connectivity index (χ3v) is 4.22. The molecule has 7 heteroatoms. The van der Waals surface area contributed by atoms with E-state index < -0.39 is 0 Å². The lowest BCUT2D eigenvalue weighted by atomic mass is 10.4. The SMILES string of the molecule is CN=C(NCCN1CCSCC1)N(C)Cc1ccon1. The van der Waals surface area contributed by atoms with Crippen molar-refractivity contribution in [2.45, 2.75) is 6.54 Å². The second-order valence-electron chi connectivity index (χ2n) is 4.77. The minimum Gasteiger partial charge on any atom is -0.364 e. The van der Waals surface area contributed by atoms with Crippen molar-refractivity contribution in [3.05, 3.63) is 18.0 Å². The van der Waals surface area contributed by atoms with E-state index in [9.17, 15) is 0 Å². The van der Waals surface area contributed by atoms with Crippen molar-refractivity contribution in [2.24, 2.45) is 4.99 Å². The molecule has 2 rings (SSSR count). The molecule has 0 amide bonds. The number of nitrogens with one attached hydrogen (secondary N) is 1. The number of hydrogen-bond acceptors (Lipinski definition) is 5. The van der Waals surface area contributed by atoms with Crippen LogP contribution in [0.3, 0.4) is 0 Å². The lowest BCUT2D eigenvalue weighted by Gasteiger charge is -2.27. The van der Waals surface area contributed by atoms with Gasteiger partial charge in [-0.2, -0.15) is 11.8 Å². The van der Waals surface area contributed by atoms with Crippen molar-refractivity contribution in [3.8, 4) is 0 Å². The zero-order chi connectivity index (χ0) is 14.2. The summed E-state index contributed by atoms with van der Waals surface area (Å²) in [5, 5.41) is 7.31. The molecule has 1 aliphatic rings. The van der Waals surface area contributed by atoms with Crippen LogP contribution in [0.4, 0.5) is 0 Å². The van der Waals surface area contributed by atoms with Crippen LogP contribution < -0.4 is 5.32 Å². The number of aliphatic imine (C=N–C) groups is 1. The molecule has 20 heavy (non-hydrogen) atoms. The van der Waals surface area contributed by atoms with Crippen LogP contribution in [-0.2, 0) is 6.54 Å². The number of rotatable bonds is 5. The zero-order valence-corrected chi connectivity index (χ0v) is 13.0. The Labute approximate surface area is 124 Å². The van der Waals surface area contributed by atoms with Crippen LogP contribution in [0.5, 0.6) is 0 Å². The molecule has 0 unspecified atom stereocenters. The van der Waals surface area contributed by atoms with Crippen LogP contribution in [-0.4, -0.2) is 72.7 Å². The van der Waals surface area contributed by atoms with Gasteiger partial charge < -0.3 is 14.7 Å². The standard InChI is InChI=1S/C13H23N5OS/c1-14-13(17(2)11-12-3-8-19-16-12)15-4-5-18-6-9-20-10-7-18/h3,8H,4-7,9-11H2,1-2H3,(H,14,15). The highest BCUT2D eigenvalue weighted by Gasteiger charge is 2.11. The van der Waals surface area contributed by atoms with E-state index in [0.717, 1.165) is 24.7 Å². The largest absolute Gasteiger partial charge is 0.364 e. The van der Waals surface area contributed by atoms with Crippen LogP contribution in [0, 0.1) is 0 Å². The molecular formula is C13H23N5OS. The molecule has 1 aromatic rings. The molecule has 112 valence electrons. The first-order valence-corrected chi connectivity index (χ1v) is 8.06. The fourth-order valence-corrected chi connectivity index (χ4v) is 3.15. The van der Waals surface area contributed by atoms with Gasteiger partial charge in [0, 0.05) is 57.8 Å². The average Bonchev–Trinajstić information content (AvgIpc) is 2.97. The smallest absolute Gasteiger partial charge is 0.193 e. The van der Waals surface area contributed by atoms with E-state index in [1.807, 2.05) is 29.8 Å². The minimum atomic E-state index is 0.691. The number of hydrogen-bond donors (Lipinski definition) is 1. The minimum absolute atomic E-state index is 0.691. The fraction of sp³-hybridized carbons (Fsp3) is 0.692. The van der Waals surface area contributed by atoms with Crippen molar-refractivity contribution in [1.82, 2.24) is 20.3 Å². The summed E-state index contributed by atoms with van der Waals surface area (Å²) in [6.45, 7) is 5.06. The molecule has 0 spiro atoms. The normalized spacial score (nSPS) is 17.2. The highest BCUT2D eigenvalue weighted by atomic mass is 32.2. The van der Waals surface area contributed by atoms with Gasteiger partial charge in [0.05, 0.1) is 6.54 Å². The van der Waals surface area contributed by atoms with Crippen molar-refractivity contribution in [1.29, 1.82) is 0 Å². The van der Waals surface area contributed by atoms with Crippen molar-refractivity contribution >= 4 is 17.7 Å². The van der Waals surface area contributed by atoms with E-state index in [1.54, 1.807) is 13.3 Å². The maximum Gasteiger partial charge on any atom is 0.193 e. The molecule has 1 N–H and O–H groups in total. The number of thioether (sulfide) groups is 1. The molecule has 2 heterocycles. The molecule has 6 nitrogen and oxygen atoms in total. The lowest BCUT2D eigenvalue weighted by molar-refractivity contribution is 0.305. The molecule has 0 saturated carbocycles. The molecule has 1 aliphatic heterocycles. The molecule has 0 aliphatic carbocycles. The Balaban J connectivity index is 1.71. The second kappa shape index (κ2) is 8.16. The van der Waals surface area contributed by atoms with E-state index in [1.165, 1.54) is 24.6 Å². The lowest BCUT2D eigenvalue weighted by Crippen LogP contribution is -2.43. The monoisotopic (exact) mass is 297 g/mol. The fourth-order valence-electron chi connectivity index (χ4n) is 2.17. The van der Waals surface area contributed by atoms with E-state index in [2.05, 4.69) is 20.4 Å². The number of guanidine groups is 1. The number of aromatic nitrogens is 1. The first-order valence-electron chi connectivity index (χ1n) is 6.90. The van der Waals surface area contributed by atoms with Gasteiger partial charge in [-0.25, -0.2) is 0 Å². The van der Waals surface area contributed by atoms with Crippen LogP contribution in [0.15, 0.2) is 21.8 Å². The molecule has 1 saturated heterocycles. The van der Waals surface area contributed by atoms with E-state index >= 15 is 0 Å². The second-order valence-corrected chi connectivity index (χ2v) is 6.00. The van der Waals surface area contributed by atoms with E-state index in [0.29, 0.717) is 6.54 Å². The summed E-state index contributed by atoms with van der Waals surface area (Å²) in [5.41, 5.74) is 0.906. The van der Waals surface area contributed by atoms with Crippen molar-refractivity contribution in [2.75, 3.05) is 51.8 Å². The van der Waals surface area contributed by atoms with Crippen LogP contribution in [0.2, 0.25) is 0 Å². The Kier molecular flexibility index (Phi) is 6.20. The maximum atomic E-state index is 4.84. The molecule has 0 aromatic carbocycles. The van der Waals surface area contributed by atoms with E-state index in [-0.39, 0.29) is 0 Å². The predicted molar refractivity (Wildman–Crippen MR) is 83.1 cm³/mol. The zero-order valence-electron chi connectivity index (χ0n) is 12.2. The maximum absolute atomic E-state index is 4.84. The van der Waals surface area contributed by atoms with Crippen LogP contribution in [0.1, 0.15) is 5.69 Å². The first kappa shape index (κ1) is 15.2. The summed E-state index contributed by atoms with van der Waals surface area (Å²) in [7, 11) is 3.81. The molecule has 0 bridgehead atoms. The average molecular weight is 297 g/mol. The topological polar surface area (TPSA) is 56.9 Å². The van der Waals surface area contributed by atoms with Gasteiger partial charge in [0.15, 0.2) is 5.96 Å². The van der Waals surface area contributed by atoms with Gasteiger partial charge in [-0.3, -0.25) is 9.89 Å². The van der Waals surface area contributed by atoms with Gasteiger partial charge in [0.1, 0.15) is 12.0 Å². The summed E-state index contributed by atoms with van der Waals surface area (Å²) in [5.74, 6) is 3.39. The van der Waals surface area contributed by atoms with Gasteiger partial charge in [-0.1, -0.05) is 5.16 Å². The summed E-state index contributed by atoms with van der Waals surface area (Å²) >= 11 is 2.04. The third-order valence-electron chi connectivity index (χ3n) is 3.28. The van der Waals surface area contributed by atoms with Gasteiger partial charge in [0.2, 0.25) is 0 Å². The summed E-state index contributed by atoms with van der Waals surface area (Å²) < 4.78 is 4.84. The Morgan fingerprint density at radius 1 is 1.55 bits per heavy atom. The predicted octanol–water partition coefficient (Wildman–Crippen LogP) is 0.731. The van der Waals surface area contributed by atoms with Gasteiger partial charge >= 0.3 is 0 Å². The van der Waals surface area contributed by atoms with Crippen LogP contribution in [0.25, 0.3) is 0 Å². The van der Waals surface area contributed by atoms with Crippen molar-refractivity contribution in [3.63, 3.8) is 0 Å². The van der Waals surface area contributed by atoms with Gasteiger partial charge in [-0.15, -0.1) is 0 Å². The summed E-state index contributed by atoms with van der Waals surface area (Å²) in [4.78, 5) is 8.84. The quantitative estimate of drug-likeness (QED) is 0.639. The Morgan fingerprint density at radius 2 is 2.35 bits per heavy atom. The van der Waals surface area contributed by atoms with Crippen LogP contribution >= 0.6 is 11.8 Å². The van der Waals surface area contributed by atoms with Gasteiger partial charge in [0.25, 0.3) is 0 Å². The summed E-state index contributed by atoms with van der Waals surface area (Å²) in [6, 6.07) is 1.87. The molecule has 0 atom stereocenters. The Bertz CT molecular complexity index is 403. The Hall–Kier alpha value is -1.21. The molecular weight excluding hydrogens is 274 g/mol. The summed E-state index contributed by atoms with van der Waals surface area (Å²) in [6.07, 6.45) is 1.59. The third kappa shape index (κ3) is 4.72. The molecule has 0 radical (unpaired) electrons. The highest BCUT2D eigenvalue weighted by Crippen LogP contribution is 2.08. The first-order chi connectivity index (χ1) is 9.79. The highest BCUT2D eigenvalue weighted by molar-refractivity contribution is 7.99. The van der Waals surface area contributed by atoms with E-state index in [4.69, 9.17) is 4.52 Å².